The van der Waals surface area contributed by atoms with Crippen molar-refractivity contribution in [1.82, 2.24) is 4.98 Å². The third kappa shape index (κ3) is 12.3. The summed E-state index contributed by atoms with van der Waals surface area (Å²) in [5, 5.41) is 0. The fourth-order valence-corrected chi connectivity index (χ4v) is 3.12. The molecule has 1 heterocycles. The third-order valence-electron chi connectivity index (χ3n) is 4.74. The predicted octanol–water partition coefficient (Wildman–Crippen LogP) is 6.50. The molecule has 29 heavy (non-hydrogen) atoms. The van der Waals surface area contributed by atoms with Crippen LogP contribution in [0.4, 0.5) is 0 Å². The summed E-state index contributed by atoms with van der Waals surface area (Å²) in [5.41, 5.74) is 0.264. The topological polar surface area (TPSA) is 65.5 Å². The molecule has 0 unspecified atom stereocenters. The number of ether oxygens (including phenoxy) is 2. The lowest BCUT2D eigenvalue weighted by Gasteiger charge is -2.08. The molecule has 0 aliphatic rings. The number of nitrogens with zero attached hydrogens (tertiary/aromatic N) is 1. The van der Waals surface area contributed by atoms with Gasteiger partial charge in [-0.05, 0) is 32.4 Å². The maximum Gasteiger partial charge on any atom is 0.357 e. The molecule has 0 N–H and O–H groups in total. The first-order chi connectivity index (χ1) is 14.0. The second-order valence-corrected chi connectivity index (χ2v) is 7.89. The zero-order valence-electron chi connectivity index (χ0n) is 18.6. The fraction of sp³-hybridized carbons (Fsp3) is 0.708. The molecule has 5 heteroatoms. The SMILES string of the molecule is CCCCCCCCCCCCCCOC(=O)c1cccc(C(=O)OC(C)C)n1. The van der Waals surface area contributed by atoms with Gasteiger partial charge in [0.15, 0.2) is 0 Å². The average molecular weight is 406 g/mol. The molecule has 1 aromatic rings. The van der Waals surface area contributed by atoms with E-state index in [1.807, 2.05) is 0 Å². The average Bonchev–Trinajstić information content (AvgIpc) is 2.71. The molecule has 0 amide bonds. The molecular formula is C24H39NO4. The zero-order valence-corrected chi connectivity index (χ0v) is 18.6. The van der Waals surface area contributed by atoms with Gasteiger partial charge in [0.1, 0.15) is 11.4 Å². The van der Waals surface area contributed by atoms with Crippen molar-refractivity contribution in [3.05, 3.63) is 29.6 Å². The minimum absolute atomic E-state index is 0.124. The van der Waals surface area contributed by atoms with E-state index in [-0.39, 0.29) is 17.5 Å². The summed E-state index contributed by atoms with van der Waals surface area (Å²) >= 11 is 0. The summed E-state index contributed by atoms with van der Waals surface area (Å²) in [7, 11) is 0. The van der Waals surface area contributed by atoms with E-state index in [1.54, 1.807) is 26.0 Å². The van der Waals surface area contributed by atoms with E-state index >= 15 is 0 Å². The summed E-state index contributed by atoms with van der Waals surface area (Å²) in [4.78, 5) is 28.0. The van der Waals surface area contributed by atoms with Gasteiger partial charge in [0, 0.05) is 0 Å². The summed E-state index contributed by atoms with van der Waals surface area (Å²) in [6.45, 7) is 6.18. The van der Waals surface area contributed by atoms with E-state index in [9.17, 15) is 9.59 Å². The second-order valence-electron chi connectivity index (χ2n) is 7.89. The summed E-state index contributed by atoms with van der Waals surface area (Å²) < 4.78 is 10.4. The second kappa shape index (κ2) is 15.9. The van der Waals surface area contributed by atoms with E-state index in [2.05, 4.69) is 11.9 Å². The highest BCUT2D eigenvalue weighted by atomic mass is 16.5. The van der Waals surface area contributed by atoms with Gasteiger partial charge >= 0.3 is 11.9 Å². The number of carbonyl (C=O) groups excluding carboxylic acids is 2. The Bertz CT molecular complexity index is 586. The maximum atomic E-state index is 12.1. The van der Waals surface area contributed by atoms with Crippen LogP contribution in [-0.2, 0) is 9.47 Å². The third-order valence-corrected chi connectivity index (χ3v) is 4.74. The van der Waals surface area contributed by atoms with Crippen LogP contribution in [0.25, 0.3) is 0 Å². The number of esters is 2. The highest BCUT2D eigenvalue weighted by molar-refractivity contribution is 5.91. The zero-order chi connectivity index (χ0) is 21.3. The minimum atomic E-state index is -0.532. The number of hydrogen-bond acceptors (Lipinski definition) is 5. The van der Waals surface area contributed by atoms with Crippen molar-refractivity contribution in [1.29, 1.82) is 0 Å². The van der Waals surface area contributed by atoms with Gasteiger partial charge in [-0.25, -0.2) is 14.6 Å². The van der Waals surface area contributed by atoms with Crippen molar-refractivity contribution in [2.75, 3.05) is 6.61 Å². The van der Waals surface area contributed by atoms with Crippen LogP contribution in [0.15, 0.2) is 18.2 Å². The standard InChI is InChI=1S/C24H39NO4/c1-4-5-6-7-8-9-10-11-12-13-14-15-19-28-23(26)21-17-16-18-22(25-21)24(27)29-20(2)3/h16-18,20H,4-15,19H2,1-3H3. The van der Waals surface area contributed by atoms with Gasteiger partial charge in [-0.2, -0.15) is 0 Å². The summed E-state index contributed by atoms with van der Waals surface area (Å²) in [6, 6.07) is 4.70. The molecule has 0 aliphatic carbocycles. The van der Waals surface area contributed by atoms with Gasteiger partial charge in [-0.1, -0.05) is 83.6 Å². The van der Waals surface area contributed by atoms with Crippen molar-refractivity contribution in [3.63, 3.8) is 0 Å². The lowest BCUT2D eigenvalue weighted by Crippen LogP contribution is -2.15. The van der Waals surface area contributed by atoms with Crippen molar-refractivity contribution < 1.29 is 19.1 Å². The number of hydrogen-bond donors (Lipinski definition) is 0. The van der Waals surface area contributed by atoms with Gasteiger partial charge in [0.25, 0.3) is 0 Å². The molecule has 5 nitrogen and oxygen atoms in total. The van der Waals surface area contributed by atoms with Crippen LogP contribution in [0, 0.1) is 0 Å². The molecule has 0 spiro atoms. The number of aromatic nitrogens is 1. The van der Waals surface area contributed by atoms with Crippen LogP contribution in [0.2, 0.25) is 0 Å². The fourth-order valence-electron chi connectivity index (χ4n) is 3.12. The minimum Gasteiger partial charge on any atom is -0.461 e. The van der Waals surface area contributed by atoms with Gasteiger partial charge in [-0.3, -0.25) is 0 Å². The lowest BCUT2D eigenvalue weighted by atomic mass is 10.1. The largest absolute Gasteiger partial charge is 0.461 e. The molecule has 0 atom stereocenters. The Morgan fingerprint density at radius 3 is 1.79 bits per heavy atom. The van der Waals surface area contributed by atoms with Gasteiger partial charge in [0.05, 0.1) is 12.7 Å². The first-order valence-corrected chi connectivity index (χ1v) is 11.4. The van der Waals surface area contributed by atoms with Crippen LogP contribution in [0.3, 0.4) is 0 Å². The molecule has 0 fully saturated rings. The van der Waals surface area contributed by atoms with Crippen LogP contribution >= 0.6 is 0 Å². The first kappa shape index (κ1) is 25.1. The van der Waals surface area contributed by atoms with Crippen LogP contribution < -0.4 is 0 Å². The predicted molar refractivity (Wildman–Crippen MR) is 116 cm³/mol. The molecule has 164 valence electrons. The molecule has 0 aromatic carbocycles. The molecule has 0 bridgehead atoms. The van der Waals surface area contributed by atoms with E-state index in [4.69, 9.17) is 9.47 Å². The van der Waals surface area contributed by atoms with E-state index in [1.165, 1.54) is 70.3 Å². The summed E-state index contributed by atoms with van der Waals surface area (Å²) in [5.74, 6) is -1.03. The molecule has 1 aromatic heterocycles. The van der Waals surface area contributed by atoms with Crippen molar-refractivity contribution in [2.45, 2.75) is 104 Å². The smallest absolute Gasteiger partial charge is 0.357 e. The normalized spacial score (nSPS) is 10.9. The molecule has 0 saturated heterocycles. The number of pyridine rings is 1. The Hall–Kier alpha value is -1.91. The monoisotopic (exact) mass is 405 g/mol. The highest BCUT2D eigenvalue weighted by Gasteiger charge is 2.15. The van der Waals surface area contributed by atoms with E-state index < -0.39 is 11.9 Å². The molecule has 1 rings (SSSR count). The highest BCUT2D eigenvalue weighted by Crippen LogP contribution is 2.12. The van der Waals surface area contributed by atoms with Crippen LogP contribution in [0.1, 0.15) is 119 Å². The van der Waals surface area contributed by atoms with Crippen molar-refractivity contribution in [2.24, 2.45) is 0 Å². The number of carbonyl (C=O) groups is 2. The van der Waals surface area contributed by atoms with Gasteiger partial charge < -0.3 is 9.47 Å². The Labute approximate surface area is 176 Å². The quantitative estimate of drug-likeness (QED) is 0.232. The van der Waals surface area contributed by atoms with Crippen LogP contribution in [-0.4, -0.2) is 29.6 Å². The van der Waals surface area contributed by atoms with Gasteiger partial charge in [-0.15, -0.1) is 0 Å². The van der Waals surface area contributed by atoms with E-state index in [0.717, 1.165) is 12.8 Å². The van der Waals surface area contributed by atoms with Crippen molar-refractivity contribution >= 4 is 11.9 Å². The Kier molecular flexibility index (Phi) is 13.8. The lowest BCUT2D eigenvalue weighted by molar-refractivity contribution is 0.0370. The van der Waals surface area contributed by atoms with Gasteiger partial charge in [0.2, 0.25) is 0 Å². The Balaban J connectivity index is 2.09. The molecule has 0 saturated carbocycles. The Morgan fingerprint density at radius 2 is 1.28 bits per heavy atom. The molecule has 0 radical (unpaired) electrons. The first-order valence-electron chi connectivity index (χ1n) is 11.4. The Morgan fingerprint density at radius 1 is 0.793 bits per heavy atom. The molecule has 0 aliphatic heterocycles. The molecular weight excluding hydrogens is 366 g/mol. The van der Waals surface area contributed by atoms with E-state index in [0.29, 0.717) is 6.61 Å². The number of rotatable bonds is 16. The summed E-state index contributed by atoms with van der Waals surface area (Å²) in [6.07, 6.45) is 15.0. The van der Waals surface area contributed by atoms with Crippen LogP contribution in [0.5, 0.6) is 0 Å². The number of unbranched alkanes of at least 4 members (excludes halogenated alkanes) is 11. The van der Waals surface area contributed by atoms with Crippen molar-refractivity contribution in [3.8, 4) is 0 Å². The maximum absolute atomic E-state index is 12.1.